The molecule has 61 heavy (non-hydrogen) atoms. The van der Waals surface area contributed by atoms with E-state index < -0.39 is 0 Å². The third kappa shape index (κ3) is 5.74. The first kappa shape index (κ1) is 34.9. The lowest BCUT2D eigenvalue weighted by atomic mass is 9.90. The molecule has 0 aliphatic carbocycles. The molecule has 11 aromatic carbocycles. The summed E-state index contributed by atoms with van der Waals surface area (Å²) in [5.74, 6) is 0. The average molecular weight is 779 g/mol. The van der Waals surface area contributed by atoms with Gasteiger partial charge in [0, 0.05) is 39.1 Å². The lowest BCUT2D eigenvalue weighted by molar-refractivity contribution is 0.669. The minimum absolute atomic E-state index is 0.872. The molecule has 0 saturated carbocycles. The van der Waals surface area contributed by atoms with E-state index in [2.05, 4.69) is 228 Å². The van der Waals surface area contributed by atoms with Crippen LogP contribution < -0.4 is 9.80 Å². The Hall–Kier alpha value is -8.14. The second kappa shape index (κ2) is 14.3. The molecule has 3 heteroatoms. The SMILES string of the molecule is c1ccc(-c2ccccc2N(c2ccccc2)c2ccc3c(ccc4c5ccc(N(c6ccccc6)c6cccc7c6oc6ccccc67)cc5c5ccccc5c34)c2)cc1. The van der Waals surface area contributed by atoms with Gasteiger partial charge in [-0.2, -0.15) is 0 Å². The van der Waals surface area contributed by atoms with E-state index in [4.69, 9.17) is 4.42 Å². The van der Waals surface area contributed by atoms with Crippen LogP contribution in [0.25, 0.3) is 76.2 Å². The van der Waals surface area contributed by atoms with Gasteiger partial charge >= 0.3 is 0 Å². The summed E-state index contributed by atoms with van der Waals surface area (Å²) >= 11 is 0. The highest BCUT2D eigenvalue weighted by atomic mass is 16.3. The molecule has 0 aliphatic heterocycles. The van der Waals surface area contributed by atoms with Crippen molar-refractivity contribution in [3.05, 3.63) is 231 Å². The van der Waals surface area contributed by atoms with Crippen molar-refractivity contribution in [3.63, 3.8) is 0 Å². The molecule has 12 aromatic rings. The van der Waals surface area contributed by atoms with Crippen LogP contribution in [0.5, 0.6) is 0 Å². The average Bonchev–Trinajstić information content (AvgIpc) is 3.72. The molecule has 1 aromatic heterocycles. The van der Waals surface area contributed by atoms with Crippen LogP contribution in [0.3, 0.4) is 0 Å². The van der Waals surface area contributed by atoms with E-state index in [0.29, 0.717) is 0 Å². The summed E-state index contributed by atoms with van der Waals surface area (Å²) in [5.41, 5.74) is 10.6. The first-order chi connectivity index (χ1) is 30.3. The van der Waals surface area contributed by atoms with Crippen LogP contribution in [0.2, 0.25) is 0 Å². The van der Waals surface area contributed by atoms with Gasteiger partial charge in [-0.15, -0.1) is 0 Å². The van der Waals surface area contributed by atoms with Crippen LogP contribution in [0.4, 0.5) is 34.1 Å². The molecule has 0 aliphatic rings. The fourth-order valence-corrected chi connectivity index (χ4v) is 9.48. The Bertz CT molecular complexity index is 3580. The molecule has 0 fully saturated rings. The van der Waals surface area contributed by atoms with Gasteiger partial charge in [0.05, 0.1) is 11.4 Å². The van der Waals surface area contributed by atoms with Crippen molar-refractivity contribution < 1.29 is 4.42 Å². The molecule has 0 unspecified atom stereocenters. The number of furan rings is 1. The molecule has 0 saturated heterocycles. The highest BCUT2D eigenvalue weighted by Gasteiger charge is 2.22. The van der Waals surface area contributed by atoms with Gasteiger partial charge in [0.1, 0.15) is 5.58 Å². The van der Waals surface area contributed by atoms with Crippen molar-refractivity contribution in [1.82, 2.24) is 0 Å². The lowest BCUT2D eigenvalue weighted by Crippen LogP contribution is -2.11. The zero-order valence-electron chi connectivity index (χ0n) is 33.2. The molecule has 3 nitrogen and oxygen atoms in total. The number of benzene rings is 11. The maximum atomic E-state index is 6.62. The van der Waals surface area contributed by atoms with E-state index in [-0.39, 0.29) is 0 Å². The third-order valence-corrected chi connectivity index (χ3v) is 12.2. The largest absolute Gasteiger partial charge is 0.454 e. The fraction of sp³-hybridized carbons (Fsp3) is 0. The molecule has 0 bridgehead atoms. The summed E-state index contributed by atoms with van der Waals surface area (Å²) in [6.45, 7) is 0. The van der Waals surface area contributed by atoms with Crippen LogP contribution in [0.15, 0.2) is 235 Å². The number of hydrogen-bond donors (Lipinski definition) is 0. The smallest absolute Gasteiger partial charge is 0.159 e. The summed E-state index contributed by atoms with van der Waals surface area (Å²) in [6, 6.07) is 82.8. The van der Waals surface area contributed by atoms with E-state index in [9.17, 15) is 0 Å². The minimum atomic E-state index is 0.872. The monoisotopic (exact) mass is 778 g/mol. The van der Waals surface area contributed by atoms with E-state index in [1.54, 1.807) is 0 Å². The van der Waals surface area contributed by atoms with Crippen LogP contribution in [-0.2, 0) is 0 Å². The number of nitrogens with zero attached hydrogens (tertiary/aromatic N) is 2. The minimum Gasteiger partial charge on any atom is -0.454 e. The zero-order chi connectivity index (χ0) is 40.3. The molecule has 0 atom stereocenters. The van der Waals surface area contributed by atoms with E-state index in [1.165, 1.54) is 54.2 Å². The van der Waals surface area contributed by atoms with Gasteiger partial charge < -0.3 is 14.2 Å². The van der Waals surface area contributed by atoms with E-state index >= 15 is 0 Å². The fourth-order valence-electron chi connectivity index (χ4n) is 9.48. The van der Waals surface area contributed by atoms with Gasteiger partial charge in [0.15, 0.2) is 5.58 Å². The van der Waals surface area contributed by atoms with Gasteiger partial charge in [0.25, 0.3) is 0 Å². The van der Waals surface area contributed by atoms with Crippen molar-refractivity contribution >= 4 is 99.2 Å². The Balaban J connectivity index is 1.05. The molecule has 286 valence electrons. The van der Waals surface area contributed by atoms with E-state index in [1.807, 2.05) is 12.1 Å². The molecule has 0 N–H and O–H groups in total. The zero-order valence-corrected chi connectivity index (χ0v) is 33.2. The molecule has 1 heterocycles. The molecule has 12 rings (SSSR count). The number of para-hydroxylation sites is 5. The highest BCUT2D eigenvalue weighted by Crippen LogP contribution is 2.47. The van der Waals surface area contributed by atoms with Crippen LogP contribution in [0.1, 0.15) is 0 Å². The summed E-state index contributed by atoms with van der Waals surface area (Å²) < 4.78 is 6.62. The summed E-state index contributed by atoms with van der Waals surface area (Å²) in [7, 11) is 0. The Morgan fingerprint density at radius 3 is 1.59 bits per heavy atom. The molecular formula is C58H38N2O. The van der Waals surface area contributed by atoms with Gasteiger partial charge in [-0.1, -0.05) is 164 Å². The van der Waals surface area contributed by atoms with Crippen molar-refractivity contribution in [2.75, 3.05) is 9.80 Å². The Kier molecular flexibility index (Phi) is 8.17. The molecule has 0 amide bonds. The topological polar surface area (TPSA) is 19.6 Å². The first-order valence-electron chi connectivity index (χ1n) is 20.8. The molecule has 0 radical (unpaired) electrons. The van der Waals surface area contributed by atoms with Gasteiger partial charge in [-0.3, -0.25) is 0 Å². The van der Waals surface area contributed by atoms with Gasteiger partial charge in [-0.05, 0) is 115 Å². The number of anilines is 6. The predicted molar refractivity (Wildman–Crippen MR) is 259 cm³/mol. The maximum Gasteiger partial charge on any atom is 0.159 e. The van der Waals surface area contributed by atoms with Crippen molar-refractivity contribution in [3.8, 4) is 11.1 Å². The third-order valence-electron chi connectivity index (χ3n) is 12.2. The summed E-state index contributed by atoms with van der Waals surface area (Å²) in [5, 5.41) is 12.0. The van der Waals surface area contributed by atoms with Gasteiger partial charge in [0.2, 0.25) is 0 Å². The Morgan fingerprint density at radius 1 is 0.295 bits per heavy atom. The van der Waals surface area contributed by atoms with Gasteiger partial charge in [-0.25, -0.2) is 0 Å². The number of fused-ring (bicyclic) bond motifs is 11. The standard InChI is InChI=1S/C58H38N2O/c1-4-17-39(18-5-1)45-23-12-14-28-54(45)59(41-19-6-2-7-20-41)43-32-35-46-40(37-43)31-34-51-48-36-33-44(38-53(48)47-24-10-11-26-50(47)57(46)51)60(42-21-8-3-9-22-42)55-29-16-27-52-49-25-13-15-30-56(49)61-58(52)55/h1-38H. The van der Waals surface area contributed by atoms with Crippen molar-refractivity contribution in [1.29, 1.82) is 0 Å². The first-order valence-corrected chi connectivity index (χ1v) is 20.8. The van der Waals surface area contributed by atoms with Crippen LogP contribution in [0, 0.1) is 0 Å². The van der Waals surface area contributed by atoms with E-state index in [0.717, 1.165) is 56.1 Å². The Morgan fingerprint density at radius 2 is 0.820 bits per heavy atom. The predicted octanol–water partition coefficient (Wildman–Crippen LogP) is 16.8. The number of rotatable bonds is 7. The lowest BCUT2D eigenvalue weighted by Gasteiger charge is -2.28. The number of hydrogen-bond acceptors (Lipinski definition) is 3. The molecular weight excluding hydrogens is 741 g/mol. The molecule has 0 spiro atoms. The Labute approximate surface area is 353 Å². The second-order valence-corrected chi connectivity index (χ2v) is 15.6. The van der Waals surface area contributed by atoms with Crippen LogP contribution >= 0.6 is 0 Å². The summed E-state index contributed by atoms with van der Waals surface area (Å²) in [4.78, 5) is 4.72. The van der Waals surface area contributed by atoms with Crippen molar-refractivity contribution in [2.24, 2.45) is 0 Å². The highest BCUT2D eigenvalue weighted by molar-refractivity contribution is 6.32. The normalized spacial score (nSPS) is 11.6. The van der Waals surface area contributed by atoms with Crippen molar-refractivity contribution in [2.45, 2.75) is 0 Å². The van der Waals surface area contributed by atoms with Crippen LogP contribution in [-0.4, -0.2) is 0 Å². The quantitative estimate of drug-likeness (QED) is 0.150. The maximum absolute atomic E-state index is 6.62. The summed E-state index contributed by atoms with van der Waals surface area (Å²) in [6.07, 6.45) is 0. The second-order valence-electron chi connectivity index (χ2n) is 15.6.